The number of hydrogen-bond acceptors (Lipinski definition) is 3. The monoisotopic (exact) mass is 307 g/mol. The van der Waals surface area contributed by atoms with Gasteiger partial charge in [0.05, 0.1) is 6.54 Å². The van der Waals surface area contributed by atoms with Gasteiger partial charge < -0.3 is 10.2 Å². The number of amides is 2. The first-order valence-corrected chi connectivity index (χ1v) is 7.11. The van der Waals surface area contributed by atoms with Crippen LogP contribution in [-0.4, -0.2) is 66.6 Å². The Hall–Kier alpha value is -1.31. The van der Waals surface area contributed by atoms with Crippen LogP contribution in [-0.2, 0) is 9.59 Å². The third-order valence-corrected chi connectivity index (χ3v) is 4.08. The maximum absolute atomic E-state index is 12.7. The second-order valence-corrected chi connectivity index (χ2v) is 5.76. The van der Waals surface area contributed by atoms with E-state index in [-0.39, 0.29) is 37.4 Å². The maximum Gasteiger partial charge on any atom is 0.404 e. The molecule has 2 fully saturated rings. The highest BCUT2D eigenvalue weighted by atomic mass is 19.4. The molecule has 0 aromatic carbocycles. The van der Waals surface area contributed by atoms with Crippen LogP contribution in [0, 0.1) is 0 Å². The van der Waals surface area contributed by atoms with E-state index in [0.29, 0.717) is 19.4 Å². The van der Waals surface area contributed by atoms with Gasteiger partial charge in [-0.3, -0.25) is 14.5 Å². The van der Waals surface area contributed by atoms with Crippen molar-refractivity contribution in [1.29, 1.82) is 0 Å². The summed E-state index contributed by atoms with van der Waals surface area (Å²) >= 11 is 0. The van der Waals surface area contributed by atoms with Crippen molar-refractivity contribution in [3.63, 3.8) is 0 Å². The molecular weight excluding hydrogens is 287 g/mol. The van der Waals surface area contributed by atoms with Gasteiger partial charge in [0.1, 0.15) is 6.04 Å². The Labute approximate surface area is 121 Å². The summed E-state index contributed by atoms with van der Waals surface area (Å²) in [6.45, 7) is 0.749. The molecule has 0 aliphatic carbocycles. The van der Waals surface area contributed by atoms with Crippen molar-refractivity contribution in [3.05, 3.63) is 0 Å². The Morgan fingerprint density at radius 1 is 1.38 bits per heavy atom. The lowest BCUT2D eigenvalue weighted by Crippen LogP contribution is -2.55. The molecule has 2 aliphatic heterocycles. The first-order valence-electron chi connectivity index (χ1n) is 7.11. The van der Waals surface area contributed by atoms with E-state index in [1.54, 1.807) is 0 Å². The van der Waals surface area contributed by atoms with Crippen LogP contribution >= 0.6 is 0 Å². The van der Waals surface area contributed by atoms with Gasteiger partial charge in [-0.15, -0.1) is 0 Å². The molecule has 0 bridgehead atoms. The lowest BCUT2D eigenvalue weighted by Gasteiger charge is -2.38. The first kappa shape index (κ1) is 16.1. The average molecular weight is 307 g/mol. The Morgan fingerprint density at radius 2 is 2.10 bits per heavy atom. The summed E-state index contributed by atoms with van der Waals surface area (Å²) in [5, 5.41) is 2.73. The molecule has 120 valence electrons. The summed E-state index contributed by atoms with van der Waals surface area (Å²) < 4.78 is 38.2. The number of alkyl halides is 3. The van der Waals surface area contributed by atoms with Crippen LogP contribution in [0.4, 0.5) is 13.2 Å². The van der Waals surface area contributed by atoms with Gasteiger partial charge in [0.25, 0.3) is 0 Å². The summed E-state index contributed by atoms with van der Waals surface area (Å²) in [6, 6.07) is -1.73. The molecule has 0 unspecified atom stereocenters. The normalized spacial score (nSPS) is 28.0. The SMILES string of the molecule is CN1C[C@H](NC(=O)CN2CCCC2=O)CC[C@@H]1C(F)(F)F. The number of likely N-dealkylation sites (N-methyl/N-ethyl adjacent to an activating group) is 1. The van der Waals surface area contributed by atoms with E-state index in [1.807, 2.05) is 0 Å². The Bertz CT molecular complexity index is 414. The number of rotatable bonds is 3. The van der Waals surface area contributed by atoms with Gasteiger partial charge >= 0.3 is 6.18 Å². The van der Waals surface area contributed by atoms with Crippen molar-refractivity contribution >= 4 is 11.8 Å². The van der Waals surface area contributed by atoms with Crippen LogP contribution in [0.1, 0.15) is 25.7 Å². The van der Waals surface area contributed by atoms with Crippen molar-refractivity contribution in [2.24, 2.45) is 0 Å². The average Bonchev–Trinajstić information content (AvgIpc) is 2.73. The zero-order valence-electron chi connectivity index (χ0n) is 11.9. The summed E-state index contributed by atoms with van der Waals surface area (Å²) in [6.07, 6.45) is -2.73. The molecule has 5 nitrogen and oxygen atoms in total. The van der Waals surface area contributed by atoms with Gasteiger partial charge in [-0.2, -0.15) is 13.2 Å². The Morgan fingerprint density at radius 3 is 2.62 bits per heavy atom. The van der Waals surface area contributed by atoms with E-state index in [1.165, 1.54) is 16.8 Å². The van der Waals surface area contributed by atoms with Crippen LogP contribution in [0.15, 0.2) is 0 Å². The Balaban J connectivity index is 1.79. The molecule has 0 saturated carbocycles. The molecular formula is C13H20F3N3O2. The third-order valence-electron chi connectivity index (χ3n) is 4.08. The van der Waals surface area contributed by atoms with Crippen molar-refractivity contribution in [2.75, 3.05) is 26.7 Å². The van der Waals surface area contributed by atoms with E-state index in [9.17, 15) is 22.8 Å². The molecule has 2 aliphatic rings. The molecule has 2 rings (SSSR count). The van der Waals surface area contributed by atoms with Crippen molar-refractivity contribution < 1.29 is 22.8 Å². The summed E-state index contributed by atoms with van der Waals surface area (Å²) in [4.78, 5) is 26.0. The number of carbonyl (C=O) groups excluding carboxylic acids is 2. The van der Waals surface area contributed by atoms with Gasteiger partial charge in [0.15, 0.2) is 0 Å². The second-order valence-electron chi connectivity index (χ2n) is 5.76. The minimum absolute atomic E-state index is 0.00173. The van der Waals surface area contributed by atoms with Gasteiger partial charge in [-0.25, -0.2) is 0 Å². The number of piperidine rings is 1. The second kappa shape index (κ2) is 6.21. The van der Waals surface area contributed by atoms with Gasteiger partial charge in [-0.05, 0) is 26.3 Å². The fourth-order valence-electron chi connectivity index (χ4n) is 2.99. The van der Waals surface area contributed by atoms with E-state index in [2.05, 4.69) is 5.32 Å². The lowest BCUT2D eigenvalue weighted by atomic mass is 9.98. The number of nitrogens with one attached hydrogen (secondary N) is 1. The molecule has 2 saturated heterocycles. The van der Waals surface area contributed by atoms with Gasteiger partial charge in [0.2, 0.25) is 11.8 Å². The number of halogens is 3. The maximum atomic E-state index is 12.7. The molecule has 1 N–H and O–H groups in total. The highest BCUT2D eigenvalue weighted by molar-refractivity contribution is 5.85. The zero-order valence-corrected chi connectivity index (χ0v) is 11.9. The summed E-state index contributed by atoms with van der Waals surface area (Å²) in [5.41, 5.74) is 0. The molecule has 0 aromatic rings. The molecule has 0 spiro atoms. The van der Waals surface area contributed by atoms with Crippen LogP contribution in [0.3, 0.4) is 0 Å². The number of likely N-dealkylation sites (tertiary alicyclic amines) is 2. The third kappa shape index (κ3) is 4.09. The van der Waals surface area contributed by atoms with Crippen LogP contribution in [0.2, 0.25) is 0 Å². The number of hydrogen-bond donors (Lipinski definition) is 1. The van der Waals surface area contributed by atoms with Crippen molar-refractivity contribution in [1.82, 2.24) is 15.1 Å². The van der Waals surface area contributed by atoms with E-state index in [4.69, 9.17) is 0 Å². The highest BCUT2D eigenvalue weighted by Crippen LogP contribution is 2.30. The molecule has 8 heteroatoms. The number of nitrogens with zero attached hydrogens (tertiary/aromatic N) is 2. The molecule has 21 heavy (non-hydrogen) atoms. The van der Waals surface area contributed by atoms with Gasteiger partial charge in [-0.1, -0.05) is 0 Å². The molecule has 2 atom stereocenters. The summed E-state index contributed by atoms with van der Waals surface area (Å²) in [5.74, 6) is -0.336. The van der Waals surface area contributed by atoms with E-state index >= 15 is 0 Å². The molecule has 0 radical (unpaired) electrons. The largest absolute Gasteiger partial charge is 0.404 e. The van der Waals surface area contributed by atoms with Crippen molar-refractivity contribution in [3.8, 4) is 0 Å². The minimum atomic E-state index is -4.23. The van der Waals surface area contributed by atoms with Crippen molar-refractivity contribution in [2.45, 2.75) is 43.9 Å². The highest BCUT2D eigenvalue weighted by Gasteiger charge is 2.44. The lowest BCUT2D eigenvalue weighted by molar-refractivity contribution is -0.188. The minimum Gasteiger partial charge on any atom is -0.351 e. The summed E-state index contributed by atoms with van der Waals surface area (Å²) in [7, 11) is 1.42. The van der Waals surface area contributed by atoms with Crippen LogP contribution in [0.5, 0.6) is 0 Å². The fraction of sp³-hybridized carbons (Fsp3) is 0.846. The van der Waals surface area contributed by atoms with Gasteiger partial charge in [0, 0.05) is 25.6 Å². The molecule has 2 heterocycles. The topological polar surface area (TPSA) is 52.7 Å². The smallest absolute Gasteiger partial charge is 0.351 e. The van der Waals surface area contributed by atoms with E-state index in [0.717, 1.165) is 6.42 Å². The fourth-order valence-corrected chi connectivity index (χ4v) is 2.99. The predicted molar refractivity (Wildman–Crippen MR) is 69.5 cm³/mol. The van der Waals surface area contributed by atoms with Crippen LogP contribution in [0.25, 0.3) is 0 Å². The molecule has 0 aromatic heterocycles. The standard InChI is InChI=1S/C13H20F3N3O2/c1-18-7-9(4-5-10(18)13(14,15)16)17-11(20)8-19-6-2-3-12(19)21/h9-10H,2-8H2,1H3,(H,17,20)/t9-,10-/m1/s1. The number of carbonyl (C=O) groups is 2. The quantitative estimate of drug-likeness (QED) is 0.837. The Kier molecular flexibility index (Phi) is 4.75. The van der Waals surface area contributed by atoms with Crippen LogP contribution < -0.4 is 5.32 Å². The molecule has 2 amide bonds. The first-order chi connectivity index (χ1) is 9.77. The predicted octanol–water partition coefficient (Wildman–Crippen LogP) is 0.750. The zero-order chi connectivity index (χ0) is 15.6. The van der Waals surface area contributed by atoms with E-state index < -0.39 is 12.2 Å².